The highest BCUT2D eigenvalue weighted by Gasteiger charge is 2.52. The fourth-order valence-corrected chi connectivity index (χ4v) is 3.91. The van der Waals surface area contributed by atoms with Crippen LogP contribution in [0, 0.1) is 5.41 Å². The Balaban J connectivity index is 1.48. The lowest BCUT2D eigenvalue weighted by Crippen LogP contribution is -2.40. The second-order valence-electron chi connectivity index (χ2n) is 8.49. The minimum absolute atomic E-state index is 0.0205. The molecule has 0 atom stereocenters. The molecule has 4 rings (SSSR count). The number of hydrogen-bond donors (Lipinski definition) is 0. The molecule has 0 unspecified atom stereocenters. The van der Waals surface area contributed by atoms with Gasteiger partial charge in [0.15, 0.2) is 5.41 Å². The number of carbonyl (C=O) groups excluding carboxylic acids is 3. The first-order valence-corrected chi connectivity index (χ1v) is 11.6. The van der Waals surface area contributed by atoms with Gasteiger partial charge in [0, 0.05) is 6.42 Å². The molecule has 0 radical (unpaired) electrons. The summed E-state index contributed by atoms with van der Waals surface area (Å²) in [4.78, 5) is 39.1. The predicted octanol–water partition coefficient (Wildman–Crippen LogP) is 5.55. The molecule has 36 heavy (non-hydrogen) atoms. The first-order chi connectivity index (χ1) is 17.5. The van der Waals surface area contributed by atoms with Gasteiger partial charge in [0.05, 0.1) is 5.56 Å². The zero-order valence-corrected chi connectivity index (χ0v) is 19.7. The molecule has 0 spiro atoms. The Kier molecular flexibility index (Phi) is 7.75. The molecule has 0 heterocycles. The molecule has 0 aliphatic heterocycles. The summed E-state index contributed by atoms with van der Waals surface area (Å²) in [6.45, 7) is 3.90. The number of carbonyl (C=O) groups is 3. The molecule has 1 aliphatic carbocycles. The lowest BCUT2D eigenvalue weighted by Gasteiger charge is -2.25. The smallest absolute Gasteiger partial charge is 0.343 e. The molecular formula is C30H26O6. The van der Waals surface area contributed by atoms with E-state index in [2.05, 4.69) is 6.58 Å². The van der Waals surface area contributed by atoms with Gasteiger partial charge in [-0.05, 0) is 35.3 Å². The highest BCUT2D eigenvalue weighted by Crippen LogP contribution is 2.43. The van der Waals surface area contributed by atoms with E-state index in [9.17, 15) is 14.4 Å². The maximum Gasteiger partial charge on any atom is 0.343 e. The molecule has 6 heteroatoms. The number of hydrogen-bond acceptors (Lipinski definition) is 6. The van der Waals surface area contributed by atoms with Crippen molar-refractivity contribution in [1.82, 2.24) is 0 Å². The number of allylic oxidation sites excluding steroid dienone is 2. The fourth-order valence-electron chi connectivity index (χ4n) is 3.91. The van der Waals surface area contributed by atoms with Crippen LogP contribution in [0.25, 0.3) is 0 Å². The van der Waals surface area contributed by atoms with E-state index in [4.69, 9.17) is 14.2 Å². The lowest BCUT2D eigenvalue weighted by molar-refractivity contribution is -0.173. The van der Waals surface area contributed by atoms with Crippen molar-refractivity contribution < 1.29 is 28.6 Å². The van der Waals surface area contributed by atoms with Gasteiger partial charge in [-0.25, -0.2) is 4.79 Å². The van der Waals surface area contributed by atoms with Crippen LogP contribution in [0.15, 0.2) is 115 Å². The molecule has 3 aromatic rings. The normalized spacial score (nSPS) is 13.8. The Hall–Kier alpha value is -4.45. The fraction of sp³-hybridized carbons (Fsp3) is 0.167. The lowest BCUT2D eigenvalue weighted by atomic mass is 9.84. The van der Waals surface area contributed by atoms with Crippen LogP contribution in [0.4, 0.5) is 0 Å². The molecular weight excluding hydrogens is 456 g/mol. The Labute approximate surface area is 209 Å². The largest absolute Gasteiger partial charge is 0.460 e. The Morgan fingerprint density at radius 2 is 1.19 bits per heavy atom. The van der Waals surface area contributed by atoms with Gasteiger partial charge in [-0.3, -0.25) is 9.59 Å². The zero-order valence-electron chi connectivity index (χ0n) is 19.7. The molecule has 0 saturated heterocycles. The van der Waals surface area contributed by atoms with E-state index in [0.29, 0.717) is 11.1 Å². The molecule has 6 nitrogen and oxygen atoms in total. The van der Waals surface area contributed by atoms with Gasteiger partial charge < -0.3 is 14.2 Å². The number of rotatable bonds is 9. The van der Waals surface area contributed by atoms with E-state index < -0.39 is 23.3 Å². The van der Waals surface area contributed by atoms with Gasteiger partial charge in [-0.1, -0.05) is 91.5 Å². The third kappa shape index (κ3) is 5.78. The van der Waals surface area contributed by atoms with Gasteiger partial charge >= 0.3 is 17.9 Å². The van der Waals surface area contributed by atoms with E-state index in [1.54, 1.807) is 36.4 Å². The molecule has 1 aliphatic rings. The highest BCUT2D eigenvalue weighted by molar-refractivity contribution is 6.01. The van der Waals surface area contributed by atoms with E-state index in [1.165, 1.54) is 0 Å². The topological polar surface area (TPSA) is 78.9 Å². The second-order valence-corrected chi connectivity index (χ2v) is 8.49. The van der Waals surface area contributed by atoms with Crippen molar-refractivity contribution in [2.24, 2.45) is 5.41 Å². The summed E-state index contributed by atoms with van der Waals surface area (Å²) in [5.41, 5.74) is 0.846. The Morgan fingerprint density at radius 1 is 0.722 bits per heavy atom. The van der Waals surface area contributed by atoms with Crippen LogP contribution in [0.1, 0.15) is 34.3 Å². The van der Waals surface area contributed by atoms with Crippen molar-refractivity contribution in [2.75, 3.05) is 0 Å². The highest BCUT2D eigenvalue weighted by atomic mass is 16.6. The van der Waals surface area contributed by atoms with Crippen LogP contribution in [-0.4, -0.2) is 17.9 Å². The molecule has 0 fully saturated rings. The summed E-state index contributed by atoms with van der Waals surface area (Å²) < 4.78 is 16.5. The first kappa shape index (κ1) is 24.7. The van der Waals surface area contributed by atoms with Crippen LogP contribution >= 0.6 is 0 Å². The summed E-state index contributed by atoms with van der Waals surface area (Å²) in [6, 6.07) is 26.9. The van der Waals surface area contributed by atoms with Crippen LogP contribution < -0.4 is 0 Å². The number of ether oxygens (including phenoxy) is 3. The minimum atomic E-state index is -1.60. The maximum atomic E-state index is 13.3. The maximum absolute atomic E-state index is 13.3. The van der Waals surface area contributed by atoms with Crippen molar-refractivity contribution in [3.8, 4) is 0 Å². The Bertz CT molecular complexity index is 1210. The third-order valence-electron chi connectivity index (χ3n) is 5.98. The summed E-state index contributed by atoms with van der Waals surface area (Å²) in [7, 11) is 0. The average Bonchev–Trinajstić information content (AvgIpc) is 3.39. The molecule has 0 amide bonds. The standard InChI is InChI=1S/C30H26O6/c1-22(36-27(31)25-15-9-4-10-16-25)26-17-18-30(19-26,28(32)34-20-23-11-5-2-6-12-23)29(33)35-21-24-13-7-3-8-14-24/h2-17H,1,18-21H2. The van der Waals surface area contributed by atoms with Gasteiger partial charge in [-0.15, -0.1) is 0 Å². The minimum Gasteiger partial charge on any atom is -0.460 e. The van der Waals surface area contributed by atoms with Crippen molar-refractivity contribution in [1.29, 1.82) is 0 Å². The average molecular weight is 483 g/mol. The van der Waals surface area contributed by atoms with Gasteiger partial charge in [0.1, 0.15) is 19.0 Å². The van der Waals surface area contributed by atoms with E-state index in [0.717, 1.165) is 11.1 Å². The van der Waals surface area contributed by atoms with Crippen LogP contribution in [-0.2, 0) is 37.0 Å². The Morgan fingerprint density at radius 3 is 1.69 bits per heavy atom. The molecule has 0 bridgehead atoms. The van der Waals surface area contributed by atoms with Crippen LogP contribution in [0.3, 0.4) is 0 Å². The summed E-state index contributed by atoms with van der Waals surface area (Å²) in [6.07, 6.45) is 1.68. The van der Waals surface area contributed by atoms with Crippen molar-refractivity contribution in [2.45, 2.75) is 26.1 Å². The van der Waals surface area contributed by atoms with Crippen molar-refractivity contribution in [3.05, 3.63) is 132 Å². The third-order valence-corrected chi connectivity index (χ3v) is 5.98. The summed E-state index contributed by atoms with van der Waals surface area (Å²) in [5.74, 6) is -1.88. The quantitative estimate of drug-likeness (QED) is 0.172. The summed E-state index contributed by atoms with van der Waals surface area (Å²) >= 11 is 0. The molecule has 0 aromatic heterocycles. The number of esters is 3. The SMILES string of the molecule is C=C(OC(=O)c1ccccc1)C1=CCC(C(=O)OCc2ccccc2)(C(=O)OCc2ccccc2)C1. The molecule has 0 saturated carbocycles. The van der Waals surface area contributed by atoms with Gasteiger partial charge in [0.2, 0.25) is 0 Å². The first-order valence-electron chi connectivity index (χ1n) is 11.6. The van der Waals surface area contributed by atoms with E-state index in [1.807, 2.05) is 60.7 Å². The summed E-state index contributed by atoms with van der Waals surface area (Å²) in [5, 5.41) is 0. The zero-order chi connectivity index (χ0) is 25.4. The number of benzene rings is 3. The monoisotopic (exact) mass is 482 g/mol. The molecule has 3 aromatic carbocycles. The van der Waals surface area contributed by atoms with Crippen molar-refractivity contribution in [3.63, 3.8) is 0 Å². The van der Waals surface area contributed by atoms with Crippen LogP contribution in [0.2, 0.25) is 0 Å². The van der Waals surface area contributed by atoms with Crippen molar-refractivity contribution >= 4 is 17.9 Å². The van der Waals surface area contributed by atoms with Crippen LogP contribution in [0.5, 0.6) is 0 Å². The molecule has 0 N–H and O–H groups in total. The van der Waals surface area contributed by atoms with E-state index >= 15 is 0 Å². The second kappa shape index (κ2) is 11.3. The van der Waals surface area contributed by atoms with Gasteiger partial charge in [0.25, 0.3) is 0 Å². The molecule has 182 valence electrons. The van der Waals surface area contributed by atoms with E-state index in [-0.39, 0.29) is 31.8 Å². The predicted molar refractivity (Wildman–Crippen MR) is 133 cm³/mol. The van der Waals surface area contributed by atoms with Gasteiger partial charge in [-0.2, -0.15) is 0 Å².